The van der Waals surface area contributed by atoms with Gasteiger partial charge in [0.15, 0.2) is 0 Å². The molecule has 0 atom stereocenters. The summed E-state index contributed by atoms with van der Waals surface area (Å²) >= 11 is 5.01. The molecule has 2 aromatic rings. The highest BCUT2D eigenvalue weighted by Crippen LogP contribution is 2.20. The average Bonchev–Trinajstić information content (AvgIpc) is 2.94. The van der Waals surface area contributed by atoms with Gasteiger partial charge in [-0.1, -0.05) is 6.07 Å². The number of halogens is 1. The van der Waals surface area contributed by atoms with E-state index >= 15 is 0 Å². The molecule has 0 aliphatic carbocycles. The van der Waals surface area contributed by atoms with Crippen molar-refractivity contribution >= 4 is 44.9 Å². The molecular formula is C17H21BrN4O2S. The Morgan fingerprint density at radius 2 is 2.04 bits per heavy atom. The van der Waals surface area contributed by atoms with Crippen LogP contribution in [0.25, 0.3) is 0 Å². The van der Waals surface area contributed by atoms with Crippen molar-refractivity contribution in [1.82, 2.24) is 14.8 Å². The van der Waals surface area contributed by atoms with Gasteiger partial charge >= 0.3 is 0 Å². The molecule has 0 aliphatic rings. The van der Waals surface area contributed by atoms with Crippen molar-refractivity contribution in [2.24, 2.45) is 0 Å². The molecular weight excluding hydrogens is 404 g/mol. The quantitative estimate of drug-likeness (QED) is 0.741. The van der Waals surface area contributed by atoms with Gasteiger partial charge in [0, 0.05) is 28.0 Å². The lowest BCUT2D eigenvalue weighted by Gasteiger charge is -2.21. The van der Waals surface area contributed by atoms with Gasteiger partial charge in [-0.15, -0.1) is 11.3 Å². The highest BCUT2D eigenvalue weighted by atomic mass is 79.9. The summed E-state index contributed by atoms with van der Waals surface area (Å²) in [7, 11) is 3.51. The number of rotatable bonds is 7. The summed E-state index contributed by atoms with van der Waals surface area (Å²) in [6.07, 6.45) is 1.70. The first kappa shape index (κ1) is 19.6. The van der Waals surface area contributed by atoms with E-state index in [4.69, 9.17) is 0 Å². The summed E-state index contributed by atoms with van der Waals surface area (Å²) in [5, 5.41) is 4.71. The van der Waals surface area contributed by atoms with Crippen molar-refractivity contribution in [1.29, 1.82) is 0 Å². The molecule has 6 nitrogen and oxygen atoms in total. The zero-order valence-corrected chi connectivity index (χ0v) is 16.9. The fourth-order valence-electron chi connectivity index (χ4n) is 2.14. The minimum Gasteiger partial charge on any atom is -0.340 e. The van der Waals surface area contributed by atoms with Crippen LogP contribution in [0.4, 0.5) is 5.82 Å². The molecule has 0 bridgehead atoms. The van der Waals surface area contributed by atoms with Crippen LogP contribution < -0.4 is 5.32 Å². The van der Waals surface area contributed by atoms with E-state index in [9.17, 15) is 9.59 Å². The van der Waals surface area contributed by atoms with E-state index in [0.717, 1.165) is 14.9 Å². The highest BCUT2D eigenvalue weighted by molar-refractivity contribution is 9.10. The fraction of sp³-hybridized carbons (Fsp3) is 0.353. The third-order valence-electron chi connectivity index (χ3n) is 3.44. The molecule has 0 radical (unpaired) electrons. The van der Waals surface area contributed by atoms with E-state index in [0.29, 0.717) is 12.4 Å². The van der Waals surface area contributed by atoms with Gasteiger partial charge in [0.25, 0.3) is 0 Å². The number of thiophene rings is 1. The number of carbonyl (C=O) groups excluding carboxylic acids is 2. The number of nitrogens with one attached hydrogen (secondary N) is 1. The smallest absolute Gasteiger partial charge is 0.239 e. The van der Waals surface area contributed by atoms with Crippen LogP contribution in [0.3, 0.4) is 0 Å². The number of nitrogens with zero attached hydrogens (tertiary/aromatic N) is 3. The van der Waals surface area contributed by atoms with E-state index in [1.165, 1.54) is 0 Å². The van der Waals surface area contributed by atoms with Crippen molar-refractivity contribution < 1.29 is 9.59 Å². The second-order valence-corrected chi connectivity index (χ2v) is 7.83. The molecule has 2 rings (SSSR count). The molecule has 1 N–H and O–H groups in total. The first-order valence-corrected chi connectivity index (χ1v) is 9.38. The van der Waals surface area contributed by atoms with Crippen molar-refractivity contribution in [2.45, 2.75) is 13.5 Å². The summed E-state index contributed by atoms with van der Waals surface area (Å²) in [6, 6.07) is 5.64. The van der Waals surface area contributed by atoms with E-state index in [2.05, 4.69) is 26.2 Å². The molecule has 2 amide bonds. The number of pyridine rings is 1. The number of anilines is 1. The molecule has 0 spiro atoms. The number of carbonyl (C=O) groups is 2. The van der Waals surface area contributed by atoms with E-state index in [1.807, 2.05) is 24.4 Å². The molecule has 2 heterocycles. The lowest BCUT2D eigenvalue weighted by Crippen LogP contribution is -2.39. The molecule has 2 aromatic heterocycles. The molecule has 0 saturated heterocycles. The summed E-state index contributed by atoms with van der Waals surface area (Å²) in [4.78, 5) is 32.9. The Morgan fingerprint density at radius 1 is 1.28 bits per heavy atom. The lowest BCUT2D eigenvalue weighted by molar-refractivity contribution is -0.131. The number of aromatic nitrogens is 1. The minimum absolute atomic E-state index is 0.0340. The predicted octanol–water partition coefficient (Wildman–Crippen LogP) is 2.74. The standard InChI is InChI=1S/C17H21BrN4O2S/c1-12-4-5-15(19-7-12)20-16(23)9-21(2)10-17(24)22(3)8-14-6-13(18)11-25-14/h4-7,11H,8-10H2,1-3H3,(H,19,20,23). The lowest BCUT2D eigenvalue weighted by atomic mass is 10.3. The SMILES string of the molecule is Cc1ccc(NC(=O)CN(C)CC(=O)N(C)Cc2cc(Br)cs2)nc1. The van der Waals surface area contributed by atoms with Crippen LogP contribution in [0.1, 0.15) is 10.4 Å². The molecule has 0 aromatic carbocycles. The number of likely N-dealkylation sites (N-methyl/N-ethyl adjacent to an activating group) is 2. The van der Waals surface area contributed by atoms with Gasteiger partial charge in [-0.3, -0.25) is 14.5 Å². The predicted molar refractivity (Wildman–Crippen MR) is 104 cm³/mol. The number of amides is 2. The first-order chi connectivity index (χ1) is 11.8. The van der Waals surface area contributed by atoms with Gasteiger partial charge in [0.1, 0.15) is 5.82 Å². The zero-order valence-electron chi connectivity index (χ0n) is 14.5. The molecule has 0 aliphatic heterocycles. The van der Waals surface area contributed by atoms with Crippen LogP contribution >= 0.6 is 27.3 Å². The number of hydrogen-bond acceptors (Lipinski definition) is 5. The number of hydrogen-bond donors (Lipinski definition) is 1. The Balaban J connectivity index is 1.77. The first-order valence-electron chi connectivity index (χ1n) is 7.71. The largest absolute Gasteiger partial charge is 0.340 e. The topological polar surface area (TPSA) is 65.5 Å². The van der Waals surface area contributed by atoms with Gasteiger partial charge in [-0.25, -0.2) is 4.98 Å². The van der Waals surface area contributed by atoms with Crippen LogP contribution in [0.2, 0.25) is 0 Å². The number of aryl methyl sites for hydroxylation is 1. The van der Waals surface area contributed by atoms with Gasteiger partial charge in [0.2, 0.25) is 11.8 Å². The van der Waals surface area contributed by atoms with Crippen LogP contribution in [0.15, 0.2) is 34.2 Å². The van der Waals surface area contributed by atoms with Crippen LogP contribution in [-0.4, -0.2) is 53.8 Å². The molecule has 8 heteroatoms. The third kappa shape index (κ3) is 6.56. The van der Waals surface area contributed by atoms with Crippen molar-refractivity contribution in [3.8, 4) is 0 Å². The molecule has 0 saturated carbocycles. The van der Waals surface area contributed by atoms with Crippen molar-refractivity contribution in [2.75, 3.05) is 32.5 Å². The summed E-state index contributed by atoms with van der Waals surface area (Å²) in [5.41, 5.74) is 1.03. The van der Waals surface area contributed by atoms with E-state index in [1.54, 1.807) is 47.5 Å². The monoisotopic (exact) mass is 424 g/mol. The van der Waals surface area contributed by atoms with Gasteiger partial charge in [0.05, 0.1) is 19.6 Å². The maximum absolute atomic E-state index is 12.3. The Bertz CT molecular complexity index is 733. The molecule has 0 unspecified atom stereocenters. The summed E-state index contributed by atoms with van der Waals surface area (Å²) < 4.78 is 1.02. The van der Waals surface area contributed by atoms with Crippen LogP contribution in [0.5, 0.6) is 0 Å². The Labute approximate surface area is 160 Å². The van der Waals surface area contributed by atoms with Gasteiger partial charge in [-0.05, 0) is 47.6 Å². The zero-order chi connectivity index (χ0) is 18.4. The Kier molecular flexibility index (Phi) is 7.10. The van der Waals surface area contributed by atoms with Gasteiger partial charge in [-0.2, -0.15) is 0 Å². The average molecular weight is 425 g/mol. The molecule has 0 fully saturated rings. The maximum atomic E-state index is 12.3. The van der Waals surface area contributed by atoms with E-state index < -0.39 is 0 Å². The van der Waals surface area contributed by atoms with Crippen LogP contribution in [0, 0.1) is 6.92 Å². The van der Waals surface area contributed by atoms with Crippen molar-refractivity contribution in [3.05, 3.63) is 44.7 Å². The van der Waals surface area contributed by atoms with Crippen LogP contribution in [-0.2, 0) is 16.1 Å². The molecule has 25 heavy (non-hydrogen) atoms. The highest BCUT2D eigenvalue weighted by Gasteiger charge is 2.15. The fourth-order valence-corrected chi connectivity index (χ4v) is 3.64. The second kappa shape index (κ2) is 9.07. The molecule has 134 valence electrons. The third-order valence-corrected chi connectivity index (χ3v) is 5.12. The van der Waals surface area contributed by atoms with E-state index in [-0.39, 0.29) is 24.9 Å². The summed E-state index contributed by atoms with van der Waals surface area (Å²) in [6.45, 7) is 2.79. The Morgan fingerprint density at radius 3 is 2.64 bits per heavy atom. The Hall–Kier alpha value is -1.77. The van der Waals surface area contributed by atoms with Crippen molar-refractivity contribution in [3.63, 3.8) is 0 Å². The summed E-state index contributed by atoms with van der Waals surface area (Å²) in [5.74, 6) is 0.278. The van der Waals surface area contributed by atoms with Gasteiger partial charge < -0.3 is 10.2 Å². The normalized spacial score (nSPS) is 10.8. The second-order valence-electron chi connectivity index (χ2n) is 5.92. The minimum atomic E-state index is -0.198. The maximum Gasteiger partial charge on any atom is 0.239 e.